The van der Waals surface area contributed by atoms with Gasteiger partial charge in [-0.25, -0.2) is 0 Å². The van der Waals surface area contributed by atoms with Crippen molar-refractivity contribution in [2.75, 3.05) is 0 Å². The summed E-state index contributed by atoms with van der Waals surface area (Å²) in [6.07, 6.45) is 13.2. The van der Waals surface area contributed by atoms with E-state index in [9.17, 15) is 9.59 Å². The van der Waals surface area contributed by atoms with Gasteiger partial charge >= 0.3 is 11.9 Å². The Balaban J connectivity index is 1.42. The van der Waals surface area contributed by atoms with Crippen LogP contribution in [0, 0.1) is 23.7 Å². The number of carbonyl (C=O) groups is 2. The fraction of sp³-hybridized carbons (Fsp3) is 0.692. The van der Waals surface area contributed by atoms with Gasteiger partial charge < -0.3 is 9.47 Å². The molecule has 0 N–H and O–H groups in total. The third-order valence-corrected chi connectivity index (χ3v) is 7.01. The number of hydrogen-bond donors (Lipinski definition) is 0. The molecule has 0 aromatic heterocycles. The summed E-state index contributed by atoms with van der Waals surface area (Å²) in [5, 5.41) is 0. The van der Waals surface area contributed by atoms with Gasteiger partial charge in [-0.15, -0.1) is 0 Å². The highest BCUT2D eigenvalue weighted by Crippen LogP contribution is 2.34. The molecule has 4 nitrogen and oxygen atoms in total. The summed E-state index contributed by atoms with van der Waals surface area (Å²) in [5.74, 6) is 2.37. The minimum absolute atomic E-state index is 0.0125. The van der Waals surface area contributed by atoms with E-state index in [-0.39, 0.29) is 23.8 Å². The molecule has 1 aromatic rings. The van der Waals surface area contributed by atoms with E-state index in [1.165, 1.54) is 25.7 Å². The lowest BCUT2D eigenvalue weighted by atomic mass is 9.80. The van der Waals surface area contributed by atoms with Crippen molar-refractivity contribution >= 4 is 11.9 Å². The molecule has 0 bridgehead atoms. The molecule has 2 fully saturated rings. The molecular weight excluding hydrogens is 376 g/mol. The minimum Gasteiger partial charge on any atom is -0.426 e. The first-order valence-electron chi connectivity index (χ1n) is 12.1. The molecule has 2 saturated carbocycles. The topological polar surface area (TPSA) is 52.6 Å². The van der Waals surface area contributed by atoms with Gasteiger partial charge in [0.15, 0.2) is 0 Å². The van der Waals surface area contributed by atoms with E-state index in [2.05, 4.69) is 13.8 Å². The van der Waals surface area contributed by atoms with Crippen molar-refractivity contribution in [2.45, 2.75) is 90.9 Å². The zero-order valence-corrected chi connectivity index (χ0v) is 18.7. The number of esters is 2. The minimum atomic E-state index is -0.126. The number of hydrogen-bond acceptors (Lipinski definition) is 4. The fourth-order valence-electron chi connectivity index (χ4n) is 5.16. The second-order valence-corrected chi connectivity index (χ2v) is 9.33. The van der Waals surface area contributed by atoms with Gasteiger partial charge in [-0.1, -0.05) is 39.5 Å². The van der Waals surface area contributed by atoms with Gasteiger partial charge in [0.05, 0.1) is 11.8 Å². The van der Waals surface area contributed by atoms with Gasteiger partial charge in [0, 0.05) is 0 Å². The average molecular weight is 415 g/mol. The zero-order chi connectivity index (χ0) is 21.3. The summed E-state index contributed by atoms with van der Waals surface area (Å²) in [6, 6.07) is 6.89. The second kappa shape index (κ2) is 11.5. The highest BCUT2D eigenvalue weighted by atomic mass is 16.5. The van der Waals surface area contributed by atoms with Gasteiger partial charge in [-0.05, 0) is 87.5 Å². The summed E-state index contributed by atoms with van der Waals surface area (Å²) < 4.78 is 11.2. The molecule has 1 aromatic carbocycles. The molecule has 0 atom stereocenters. The van der Waals surface area contributed by atoms with Crippen molar-refractivity contribution in [1.29, 1.82) is 0 Å². The van der Waals surface area contributed by atoms with Crippen LogP contribution >= 0.6 is 0 Å². The molecule has 30 heavy (non-hydrogen) atoms. The Morgan fingerprint density at radius 1 is 0.667 bits per heavy atom. The molecule has 0 saturated heterocycles. The molecular formula is C26H38O4. The van der Waals surface area contributed by atoms with Gasteiger partial charge in [-0.3, -0.25) is 9.59 Å². The van der Waals surface area contributed by atoms with E-state index < -0.39 is 0 Å². The lowest BCUT2D eigenvalue weighted by Crippen LogP contribution is -2.26. The molecule has 0 heterocycles. The fourth-order valence-corrected chi connectivity index (χ4v) is 5.16. The van der Waals surface area contributed by atoms with Crippen LogP contribution in [0.15, 0.2) is 24.3 Å². The van der Waals surface area contributed by atoms with Crippen molar-refractivity contribution in [3.63, 3.8) is 0 Å². The SMILES string of the molecule is CCC[C@H]1CC[C@H](C(=O)Oc2ccc(OC(=O)[C@H]3CC[C@H](CCC)CC3)cc2)CC1. The van der Waals surface area contributed by atoms with E-state index in [1.54, 1.807) is 24.3 Å². The Hall–Kier alpha value is -1.84. The first-order chi connectivity index (χ1) is 14.6. The monoisotopic (exact) mass is 414 g/mol. The third-order valence-electron chi connectivity index (χ3n) is 7.01. The summed E-state index contributed by atoms with van der Waals surface area (Å²) in [6.45, 7) is 4.44. The number of benzene rings is 1. The normalized spacial score (nSPS) is 26.7. The molecule has 0 amide bonds. The van der Waals surface area contributed by atoms with Crippen molar-refractivity contribution in [2.24, 2.45) is 23.7 Å². The van der Waals surface area contributed by atoms with E-state index in [4.69, 9.17) is 9.47 Å². The second-order valence-electron chi connectivity index (χ2n) is 9.33. The van der Waals surface area contributed by atoms with Crippen LogP contribution in [-0.4, -0.2) is 11.9 Å². The van der Waals surface area contributed by atoms with Gasteiger partial charge in [0.2, 0.25) is 0 Å². The molecule has 0 radical (unpaired) electrons. The first kappa shape index (κ1) is 22.8. The molecule has 4 heteroatoms. The lowest BCUT2D eigenvalue weighted by molar-refractivity contribution is -0.141. The van der Waals surface area contributed by atoms with Crippen LogP contribution in [0.2, 0.25) is 0 Å². The standard InChI is InChI=1S/C26H38O4/c1-3-5-19-7-11-21(12-8-19)25(27)29-23-15-17-24(18-16-23)30-26(28)22-13-9-20(6-4-2)10-14-22/h15-22H,3-14H2,1-2H3/t19-,20-,21-,22-. The Morgan fingerprint density at radius 2 is 1.00 bits per heavy atom. The maximum Gasteiger partial charge on any atom is 0.314 e. The predicted molar refractivity (Wildman–Crippen MR) is 118 cm³/mol. The largest absolute Gasteiger partial charge is 0.426 e. The highest BCUT2D eigenvalue weighted by molar-refractivity contribution is 5.76. The van der Waals surface area contributed by atoms with Crippen LogP contribution in [0.1, 0.15) is 90.9 Å². The van der Waals surface area contributed by atoms with E-state index in [0.717, 1.165) is 63.2 Å². The quantitative estimate of drug-likeness (QED) is 0.350. The summed E-state index contributed by atoms with van der Waals surface area (Å²) in [7, 11) is 0. The average Bonchev–Trinajstić information content (AvgIpc) is 2.76. The van der Waals surface area contributed by atoms with E-state index in [0.29, 0.717) is 11.5 Å². The number of carbonyl (C=O) groups excluding carboxylic acids is 2. The number of rotatable bonds is 8. The van der Waals surface area contributed by atoms with Crippen LogP contribution < -0.4 is 9.47 Å². The summed E-state index contributed by atoms with van der Waals surface area (Å²) >= 11 is 0. The van der Waals surface area contributed by atoms with Crippen LogP contribution in [0.5, 0.6) is 11.5 Å². The van der Waals surface area contributed by atoms with Crippen molar-refractivity contribution in [3.8, 4) is 11.5 Å². The Labute approximate surface area is 181 Å². The molecule has 0 spiro atoms. The molecule has 2 aliphatic carbocycles. The highest BCUT2D eigenvalue weighted by Gasteiger charge is 2.28. The molecule has 0 aliphatic heterocycles. The Bertz CT molecular complexity index is 606. The predicted octanol–water partition coefficient (Wildman–Crippen LogP) is 6.71. The zero-order valence-electron chi connectivity index (χ0n) is 18.7. The van der Waals surface area contributed by atoms with Crippen LogP contribution in [0.4, 0.5) is 0 Å². The van der Waals surface area contributed by atoms with E-state index >= 15 is 0 Å². The Kier molecular flexibility index (Phi) is 8.77. The van der Waals surface area contributed by atoms with Gasteiger partial charge in [0.25, 0.3) is 0 Å². The van der Waals surface area contributed by atoms with Gasteiger partial charge in [-0.2, -0.15) is 0 Å². The van der Waals surface area contributed by atoms with E-state index in [1.807, 2.05) is 0 Å². The van der Waals surface area contributed by atoms with Crippen LogP contribution in [0.25, 0.3) is 0 Å². The van der Waals surface area contributed by atoms with Crippen LogP contribution in [-0.2, 0) is 9.59 Å². The third kappa shape index (κ3) is 6.58. The molecule has 0 unspecified atom stereocenters. The molecule has 166 valence electrons. The Morgan fingerprint density at radius 3 is 1.30 bits per heavy atom. The van der Waals surface area contributed by atoms with Crippen molar-refractivity contribution in [3.05, 3.63) is 24.3 Å². The first-order valence-corrected chi connectivity index (χ1v) is 12.1. The lowest BCUT2D eigenvalue weighted by Gasteiger charge is -2.27. The summed E-state index contributed by atoms with van der Waals surface area (Å²) in [4.78, 5) is 24.9. The maximum absolute atomic E-state index is 12.5. The van der Waals surface area contributed by atoms with Gasteiger partial charge in [0.1, 0.15) is 11.5 Å². The maximum atomic E-state index is 12.5. The van der Waals surface area contributed by atoms with Crippen molar-refractivity contribution in [1.82, 2.24) is 0 Å². The molecule has 3 rings (SSSR count). The van der Waals surface area contributed by atoms with Crippen LogP contribution in [0.3, 0.4) is 0 Å². The van der Waals surface area contributed by atoms with Crippen molar-refractivity contribution < 1.29 is 19.1 Å². The number of ether oxygens (including phenoxy) is 2. The smallest absolute Gasteiger partial charge is 0.314 e. The summed E-state index contributed by atoms with van der Waals surface area (Å²) in [5.41, 5.74) is 0. The molecule has 2 aliphatic rings.